The van der Waals surface area contributed by atoms with Crippen molar-refractivity contribution in [3.05, 3.63) is 35.9 Å². The van der Waals surface area contributed by atoms with E-state index >= 15 is 0 Å². The Hall–Kier alpha value is -2.74. The molecule has 1 aromatic rings. The molecule has 122 valence electrons. The summed E-state index contributed by atoms with van der Waals surface area (Å²) < 4.78 is 5.25. The third kappa shape index (κ3) is 6.70. The first-order valence-corrected chi connectivity index (χ1v) is 7.31. The predicted octanol–water partition coefficient (Wildman–Crippen LogP) is 2.43. The van der Waals surface area contributed by atoms with Crippen LogP contribution in [0.5, 0.6) is 5.75 Å². The fourth-order valence-corrected chi connectivity index (χ4v) is 2.02. The number of hydrogen-bond donors (Lipinski definition) is 1. The molecule has 0 atom stereocenters. The van der Waals surface area contributed by atoms with Gasteiger partial charge in [-0.2, -0.15) is 0 Å². The molecule has 0 radical (unpaired) electrons. The minimum Gasteiger partial charge on any atom is -0.496 e. The van der Waals surface area contributed by atoms with Gasteiger partial charge in [0.25, 0.3) is 0 Å². The van der Waals surface area contributed by atoms with Crippen LogP contribution in [-0.2, 0) is 9.59 Å². The van der Waals surface area contributed by atoms with Gasteiger partial charge in [-0.05, 0) is 12.5 Å². The van der Waals surface area contributed by atoms with E-state index in [1.807, 2.05) is 36.4 Å². The van der Waals surface area contributed by atoms with Gasteiger partial charge in [0.05, 0.1) is 13.7 Å². The van der Waals surface area contributed by atoms with Crippen LogP contribution >= 0.6 is 0 Å². The van der Waals surface area contributed by atoms with Crippen molar-refractivity contribution in [1.29, 1.82) is 0 Å². The second kappa shape index (κ2) is 10.1. The van der Waals surface area contributed by atoms with E-state index < -0.39 is 5.97 Å². The first-order valence-electron chi connectivity index (χ1n) is 7.31. The fraction of sp³-hybridized carbons (Fsp3) is 0.333. The molecule has 0 aromatic heterocycles. The van der Waals surface area contributed by atoms with Crippen molar-refractivity contribution in [1.82, 2.24) is 4.90 Å². The number of methoxy groups -OCH3 is 1. The van der Waals surface area contributed by atoms with Crippen molar-refractivity contribution in [2.24, 2.45) is 0 Å². The molecule has 0 heterocycles. The van der Waals surface area contributed by atoms with Gasteiger partial charge < -0.3 is 14.7 Å². The summed E-state index contributed by atoms with van der Waals surface area (Å²) in [6.45, 7) is 0.566. The summed E-state index contributed by atoms with van der Waals surface area (Å²) in [5.74, 6) is 2.15. The van der Waals surface area contributed by atoms with Crippen LogP contribution in [0.4, 0.5) is 0 Å². The normalized spacial score (nSPS) is 10.3. The van der Waals surface area contributed by atoms with E-state index in [9.17, 15) is 9.59 Å². The lowest BCUT2D eigenvalue weighted by atomic mass is 10.2. The zero-order chi connectivity index (χ0) is 17.1. The Morgan fingerprint density at radius 2 is 2.09 bits per heavy atom. The monoisotopic (exact) mass is 315 g/mol. The minimum absolute atomic E-state index is 0.0211. The van der Waals surface area contributed by atoms with Crippen LogP contribution in [0.25, 0.3) is 6.08 Å². The van der Waals surface area contributed by atoms with Gasteiger partial charge in [-0.25, -0.2) is 0 Å². The molecule has 1 N–H and O–H groups in total. The van der Waals surface area contributed by atoms with Crippen LogP contribution in [0.3, 0.4) is 0 Å². The van der Waals surface area contributed by atoms with Gasteiger partial charge in [-0.1, -0.05) is 36.3 Å². The smallest absolute Gasteiger partial charge is 0.303 e. The number of aliphatic carboxylic acids is 1. The van der Waals surface area contributed by atoms with Crippen LogP contribution in [0, 0.1) is 12.3 Å². The van der Waals surface area contributed by atoms with Crippen molar-refractivity contribution in [3.8, 4) is 18.1 Å². The maximum Gasteiger partial charge on any atom is 0.303 e. The number of terminal acetylenes is 1. The largest absolute Gasteiger partial charge is 0.496 e. The Morgan fingerprint density at radius 1 is 1.35 bits per heavy atom. The number of carbonyl (C=O) groups excluding carboxylic acids is 1. The predicted molar refractivity (Wildman–Crippen MR) is 88.9 cm³/mol. The van der Waals surface area contributed by atoms with Crippen molar-refractivity contribution in [2.75, 3.05) is 20.2 Å². The Kier molecular flexibility index (Phi) is 8.01. The molecule has 0 aliphatic rings. The van der Waals surface area contributed by atoms with Crippen molar-refractivity contribution in [3.63, 3.8) is 0 Å². The maximum absolute atomic E-state index is 12.1. The number of ether oxygens (including phenoxy) is 1. The van der Waals surface area contributed by atoms with E-state index in [2.05, 4.69) is 5.92 Å². The highest BCUT2D eigenvalue weighted by atomic mass is 16.5. The van der Waals surface area contributed by atoms with Crippen molar-refractivity contribution >= 4 is 18.0 Å². The molecule has 0 spiro atoms. The molecule has 0 bridgehead atoms. The Balaban J connectivity index is 2.61. The molecule has 1 amide bonds. The van der Waals surface area contributed by atoms with Gasteiger partial charge in [-0.15, -0.1) is 6.42 Å². The summed E-state index contributed by atoms with van der Waals surface area (Å²) in [5.41, 5.74) is 0.911. The molecular weight excluding hydrogens is 294 g/mol. The number of rotatable bonds is 9. The number of hydrogen-bond acceptors (Lipinski definition) is 3. The topological polar surface area (TPSA) is 66.8 Å². The van der Waals surface area contributed by atoms with E-state index in [1.54, 1.807) is 7.11 Å². The van der Waals surface area contributed by atoms with Crippen LogP contribution in [-0.4, -0.2) is 42.1 Å². The quantitative estimate of drug-likeness (QED) is 0.711. The summed E-state index contributed by atoms with van der Waals surface area (Å²) in [6, 6.07) is 7.55. The van der Waals surface area contributed by atoms with E-state index in [4.69, 9.17) is 16.3 Å². The SMILES string of the molecule is C#CCN(C/C=C/c1ccccc1OC)C(=O)CCCC(=O)O. The van der Waals surface area contributed by atoms with Crippen LogP contribution in [0.2, 0.25) is 0 Å². The van der Waals surface area contributed by atoms with E-state index in [0.29, 0.717) is 13.0 Å². The highest BCUT2D eigenvalue weighted by Crippen LogP contribution is 2.18. The number of nitrogens with zero attached hydrogens (tertiary/aromatic N) is 1. The Labute approximate surface area is 136 Å². The maximum atomic E-state index is 12.1. The second-order valence-electron chi connectivity index (χ2n) is 4.87. The average Bonchev–Trinajstić information content (AvgIpc) is 2.54. The van der Waals surface area contributed by atoms with Gasteiger partial charge in [0, 0.05) is 24.9 Å². The summed E-state index contributed by atoms with van der Waals surface area (Å²) in [5, 5.41) is 8.60. The molecule has 0 unspecified atom stereocenters. The zero-order valence-corrected chi connectivity index (χ0v) is 13.2. The molecule has 0 aliphatic heterocycles. The first kappa shape index (κ1) is 18.3. The molecule has 5 heteroatoms. The van der Waals surface area contributed by atoms with Gasteiger partial charge in [0.1, 0.15) is 5.75 Å². The second-order valence-corrected chi connectivity index (χ2v) is 4.87. The third-order valence-electron chi connectivity index (χ3n) is 3.18. The summed E-state index contributed by atoms with van der Waals surface area (Å²) >= 11 is 0. The molecular formula is C18H21NO4. The number of carboxylic acid groups (broad SMARTS) is 1. The van der Waals surface area contributed by atoms with Gasteiger partial charge in [0.2, 0.25) is 5.91 Å². The van der Waals surface area contributed by atoms with Crippen molar-refractivity contribution < 1.29 is 19.4 Å². The molecule has 5 nitrogen and oxygen atoms in total. The highest BCUT2D eigenvalue weighted by Gasteiger charge is 2.11. The zero-order valence-electron chi connectivity index (χ0n) is 13.2. The van der Waals surface area contributed by atoms with Crippen LogP contribution in [0.15, 0.2) is 30.3 Å². The summed E-state index contributed by atoms with van der Waals surface area (Å²) in [6.07, 6.45) is 9.46. The minimum atomic E-state index is -0.905. The van der Waals surface area contributed by atoms with Gasteiger partial charge in [-0.3, -0.25) is 9.59 Å². The number of benzene rings is 1. The molecule has 23 heavy (non-hydrogen) atoms. The first-order chi connectivity index (χ1) is 11.1. The average molecular weight is 315 g/mol. The van der Waals surface area contributed by atoms with Gasteiger partial charge in [0.15, 0.2) is 0 Å². The standard InChI is InChI=1S/C18H21NO4/c1-3-13-19(17(20)11-6-12-18(21)22)14-7-9-15-8-4-5-10-16(15)23-2/h1,4-5,7-10H,6,11-14H2,2H3,(H,21,22)/b9-7+. The highest BCUT2D eigenvalue weighted by molar-refractivity contribution is 5.77. The third-order valence-corrected chi connectivity index (χ3v) is 3.18. The van der Waals surface area contributed by atoms with Gasteiger partial charge >= 0.3 is 5.97 Å². The summed E-state index contributed by atoms with van der Waals surface area (Å²) in [4.78, 5) is 24.1. The van der Waals surface area contributed by atoms with E-state index in [1.165, 1.54) is 4.90 Å². The molecule has 0 saturated heterocycles. The van der Waals surface area contributed by atoms with Crippen molar-refractivity contribution in [2.45, 2.75) is 19.3 Å². The Morgan fingerprint density at radius 3 is 2.74 bits per heavy atom. The van der Waals surface area contributed by atoms with E-state index in [0.717, 1.165) is 11.3 Å². The Bertz CT molecular complexity index is 601. The summed E-state index contributed by atoms with van der Waals surface area (Å²) in [7, 11) is 1.60. The number of amides is 1. The molecule has 0 saturated carbocycles. The van der Waals surface area contributed by atoms with Crippen LogP contribution < -0.4 is 4.74 Å². The number of para-hydroxylation sites is 1. The fourth-order valence-electron chi connectivity index (χ4n) is 2.02. The van der Waals surface area contributed by atoms with E-state index in [-0.39, 0.29) is 25.3 Å². The molecule has 1 rings (SSSR count). The number of carbonyl (C=O) groups is 2. The lowest BCUT2D eigenvalue weighted by Gasteiger charge is -2.18. The lowest BCUT2D eigenvalue weighted by molar-refractivity contribution is -0.137. The van der Waals surface area contributed by atoms with Crippen LogP contribution in [0.1, 0.15) is 24.8 Å². The molecule has 0 fully saturated rings. The lowest BCUT2D eigenvalue weighted by Crippen LogP contribution is -2.31. The molecule has 0 aliphatic carbocycles. The molecule has 1 aromatic carbocycles. The number of carboxylic acids is 1.